The maximum absolute atomic E-state index is 8.94. The number of pyridine rings is 1. The summed E-state index contributed by atoms with van der Waals surface area (Å²) in [4.78, 5) is 6.39. The maximum Gasteiger partial charge on any atom is 0.140 e. The third-order valence-electron chi connectivity index (χ3n) is 3.63. The highest BCUT2D eigenvalue weighted by Crippen LogP contribution is 2.32. The number of hydrogen-bond donors (Lipinski definition) is 1. The van der Waals surface area contributed by atoms with E-state index in [1.54, 1.807) is 6.20 Å². The number of benzene rings is 1. The Morgan fingerprint density at radius 2 is 2.25 bits per heavy atom. The predicted octanol–water partition coefficient (Wildman–Crippen LogP) is 2.77. The van der Waals surface area contributed by atoms with Gasteiger partial charge in [-0.3, -0.25) is 0 Å². The van der Waals surface area contributed by atoms with Crippen LogP contribution in [-0.4, -0.2) is 17.6 Å². The predicted molar refractivity (Wildman–Crippen MR) is 79.5 cm³/mol. The van der Waals surface area contributed by atoms with Gasteiger partial charge < -0.3 is 10.2 Å². The number of nitrogens with zero attached hydrogens (tertiary/aromatic N) is 3. The van der Waals surface area contributed by atoms with Crippen molar-refractivity contribution >= 4 is 11.4 Å². The van der Waals surface area contributed by atoms with Gasteiger partial charge in [-0.15, -0.1) is 0 Å². The Bertz CT molecular complexity index is 660. The van der Waals surface area contributed by atoms with Crippen LogP contribution in [0.2, 0.25) is 0 Å². The van der Waals surface area contributed by atoms with Crippen LogP contribution in [0.3, 0.4) is 0 Å². The topological polar surface area (TPSA) is 52.0 Å². The van der Waals surface area contributed by atoms with Crippen LogP contribution < -0.4 is 10.2 Å². The Hall–Kier alpha value is -2.54. The van der Waals surface area contributed by atoms with E-state index in [0.29, 0.717) is 11.7 Å². The van der Waals surface area contributed by atoms with Crippen LogP contribution >= 0.6 is 0 Å². The van der Waals surface area contributed by atoms with Gasteiger partial charge in [-0.25, -0.2) is 4.98 Å². The summed E-state index contributed by atoms with van der Waals surface area (Å²) in [5, 5.41) is 12.4. The quantitative estimate of drug-likeness (QED) is 0.906. The lowest BCUT2D eigenvalue weighted by Gasteiger charge is -2.37. The van der Waals surface area contributed by atoms with E-state index in [2.05, 4.69) is 46.4 Å². The highest BCUT2D eigenvalue weighted by atomic mass is 15.2. The monoisotopic (exact) mass is 264 g/mol. The van der Waals surface area contributed by atoms with Crippen molar-refractivity contribution in [2.45, 2.75) is 19.5 Å². The van der Waals surface area contributed by atoms with E-state index in [4.69, 9.17) is 5.26 Å². The largest absolute Gasteiger partial charge is 0.381 e. The lowest BCUT2D eigenvalue weighted by molar-refractivity contribution is 0.641. The molecule has 2 aromatic rings. The van der Waals surface area contributed by atoms with Crippen LogP contribution in [0.25, 0.3) is 0 Å². The summed E-state index contributed by atoms with van der Waals surface area (Å²) in [6, 6.07) is 14.7. The fourth-order valence-electron chi connectivity index (χ4n) is 2.55. The van der Waals surface area contributed by atoms with E-state index in [1.165, 1.54) is 11.4 Å². The Labute approximate surface area is 118 Å². The molecule has 1 aromatic heterocycles. The Kier molecular flexibility index (Phi) is 3.26. The van der Waals surface area contributed by atoms with Gasteiger partial charge in [0.1, 0.15) is 11.8 Å². The number of fused-ring (bicyclic) bond motifs is 1. The number of nitrogens with one attached hydrogen (secondary N) is 1. The molecule has 3 rings (SSSR count). The number of nitriles is 1. The molecule has 1 aromatic carbocycles. The highest BCUT2D eigenvalue weighted by Gasteiger charge is 2.22. The van der Waals surface area contributed by atoms with Gasteiger partial charge in [0.05, 0.1) is 11.4 Å². The second-order valence-corrected chi connectivity index (χ2v) is 5.04. The molecule has 0 fully saturated rings. The molecule has 0 spiro atoms. The summed E-state index contributed by atoms with van der Waals surface area (Å²) in [6.45, 7) is 3.92. The number of anilines is 2. The third-order valence-corrected chi connectivity index (χ3v) is 3.63. The van der Waals surface area contributed by atoms with Crippen molar-refractivity contribution in [3.63, 3.8) is 0 Å². The van der Waals surface area contributed by atoms with E-state index in [0.717, 1.165) is 18.7 Å². The Morgan fingerprint density at radius 1 is 1.40 bits per heavy atom. The summed E-state index contributed by atoms with van der Waals surface area (Å²) in [5.41, 5.74) is 3.96. The molecule has 2 heterocycles. The van der Waals surface area contributed by atoms with Gasteiger partial charge in [-0.1, -0.05) is 12.1 Å². The summed E-state index contributed by atoms with van der Waals surface area (Å²) in [5.74, 6) is 0. The van der Waals surface area contributed by atoms with E-state index < -0.39 is 0 Å². The van der Waals surface area contributed by atoms with Gasteiger partial charge in [-0.2, -0.15) is 5.26 Å². The molecular weight excluding hydrogens is 248 g/mol. The van der Waals surface area contributed by atoms with Gasteiger partial charge in [0.2, 0.25) is 0 Å². The van der Waals surface area contributed by atoms with Crippen molar-refractivity contribution in [2.24, 2.45) is 0 Å². The minimum atomic E-state index is 0.406. The number of rotatable bonds is 2. The first kappa shape index (κ1) is 12.5. The highest BCUT2D eigenvalue weighted by molar-refractivity contribution is 5.72. The van der Waals surface area contributed by atoms with Crippen molar-refractivity contribution in [3.8, 4) is 6.07 Å². The van der Waals surface area contributed by atoms with Gasteiger partial charge in [0.15, 0.2) is 0 Å². The summed E-state index contributed by atoms with van der Waals surface area (Å²) in [7, 11) is 0. The lowest BCUT2D eigenvalue weighted by Crippen LogP contribution is -2.41. The van der Waals surface area contributed by atoms with Crippen molar-refractivity contribution in [1.82, 2.24) is 4.98 Å². The molecule has 1 aliphatic rings. The molecule has 1 atom stereocenters. The van der Waals surface area contributed by atoms with Crippen LogP contribution in [0.15, 0.2) is 42.6 Å². The van der Waals surface area contributed by atoms with Crippen LogP contribution in [0.1, 0.15) is 18.2 Å². The van der Waals surface area contributed by atoms with Crippen molar-refractivity contribution in [3.05, 3.63) is 53.9 Å². The minimum Gasteiger partial charge on any atom is -0.381 e. The van der Waals surface area contributed by atoms with Crippen molar-refractivity contribution in [2.75, 3.05) is 16.8 Å². The molecule has 0 bridgehead atoms. The molecule has 1 N–H and O–H groups in total. The number of para-hydroxylation sites is 2. The summed E-state index contributed by atoms with van der Waals surface area (Å²) >= 11 is 0. The van der Waals surface area contributed by atoms with Crippen molar-refractivity contribution < 1.29 is 0 Å². The van der Waals surface area contributed by atoms with Crippen LogP contribution in [0, 0.1) is 11.3 Å². The Morgan fingerprint density at radius 3 is 3.10 bits per heavy atom. The molecule has 1 aliphatic heterocycles. The van der Waals surface area contributed by atoms with E-state index in [-0.39, 0.29) is 0 Å². The fraction of sp³-hybridized carbons (Fsp3) is 0.250. The normalized spacial score (nSPS) is 17.0. The standard InChI is InChI=1S/C16H16N4/c1-12-10-19-15-4-2-3-5-16(15)20(12)11-13-6-7-18-14(8-13)9-17/h2-8,12,19H,10-11H2,1H3. The maximum atomic E-state index is 8.94. The van der Waals surface area contributed by atoms with Crippen LogP contribution in [0.5, 0.6) is 0 Å². The molecule has 4 nitrogen and oxygen atoms in total. The van der Waals surface area contributed by atoms with Crippen molar-refractivity contribution in [1.29, 1.82) is 5.26 Å². The molecule has 4 heteroatoms. The third kappa shape index (κ3) is 2.30. The molecular formula is C16H16N4. The van der Waals surface area contributed by atoms with E-state index in [1.807, 2.05) is 18.2 Å². The fourth-order valence-corrected chi connectivity index (χ4v) is 2.55. The molecule has 0 amide bonds. The zero-order valence-electron chi connectivity index (χ0n) is 11.4. The molecule has 100 valence electrons. The van der Waals surface area contributed by atoms with Crippen LogP contribution in [0.4, 0.5) is 11.4 Å². The average molecular weight is 264 g/mol. The first-order chi connectivity index (χ1) is 9.78. The van der Waals surface area contributed by atoms with E-state index in [9.17, 15) is 0 Å². The molecule has 0 saturated carbocycles. The summed E-state index contributed by atoms with van der Waals surface area (Å²) < 4.78 is 0. The van der Waals surface area contributed by atoms with Gasteiger partial charge in [0.25, 0.3) is 0 Å². The average Bonchev–Trinajstić information content (AvgIpc) is 2.50. The first-order valence-corrected chi connectivity index (χ1v) is 6.72. The van der Waals surface area contributed by atoms with Gasteiger partial charge in [0, 0.05) is 25.3 Å². The zero-order valence-corrected chi connectivity index (χ0v) is 11.4. The van der Waals surface area contributed by atoms with Gasteiger partial charge in [-0.05, 0) is 36.8 Å². The lowest BCUT2D eigenvalue weighted by atomic mass is 10.1. The first-order valence-electron chi connectivity index (χ1n) is 6.72. The zero-order chi connectivity index (χ0) is 13.9. The number of hydrogen-bond acceptors (Lipinski definition) is 4. The van der Waals surface area contributed by atoms with Gasteiger partial charge >= 0.3 is 0 Å². The molecule has 1 unspecified atom stereocenters. The Balaban J connectivity index is 1.92. The second kappa shape index (κ2) is 5.22. The SMILES string of the molecule is CC1CNc2ccccc2N1Cc1ccnc(C#N)c1. The second-order valence-electron chi connectivity index (χ2n) is 5.04. The smallest absolute Gasteiger partial charge is 0.140 e. The number of aromatic nitrogens is 1. The van der Waals surface area contributed by atoms with E-state index >= 15 is 0 Å². The molecule has 20 heavy (non-hydrogen) atoms. The molecule has 0 saturated heterocycles. The minimum absolute atomic E-state index is 0.406. The molecule has 0 radical (unpaired) electrons. The molecule has 0 aliphatic carbocycles. The van der Waals surface area contributed by atoms with Crippen LogP contribution in [-0.2, 0) is 6.54 Å². The summed E-state index contributed by atoms with van der Waals surface area (Å²) in [6.07, 6.45) is 1.70.